The average molecular weight is 351 g/mol. The smallest absolute Gasteiger partial charge is 0.237 e. The highest BCUT2D eigenvalue weighted by molar-refractivity contribution is 7.89. The van der Waals surface area contributed by atoms with Gasteiger partial charge in [0.1, 0.15) is 0 Å². The molecule has 1 atom stereocenters. The second kappa shape index (κ2) is 7.63. The van der Waals surface area contributed by atoms with Crippen molar-refractivity contribution >= 4 is 15.9 Å². The summed E-state index contributed by atoms with van der Waals surface area (Å²) >= 11 is 0. The van der Waals surface area contributed by atoms with Crippen molar-refractivity contribution in [1.29, 1.82) is 0 Å². The van der Waals surface area contributed by atoms with E-state index in [0.717, 1.165) is 25.9 Å². The van der Waals surface area contributed by atoms with E-state index in [1.165, 1.54) is 9.87 Å². The van der Waals surface area contributed by atoms with Crippen LogP contribution in [0.25, 0.3) is 0 Å². The topological polar surface area (TPSA) is 69.7 Å². The van der Waals surface area contributed by atoms with E-state index in [4.69, 9.17) is 0 Å². The Bertz CT molecular complexity index is 663. The molecule has 1 N–H and O–H groups in total. The van der Waals surface area contributed by atoms with Gasteiger partial charge in [0, 0.05) is 26.2 Å². The monoisotopic (exact) mass is 351 g/mol. The lowest BCUT2D eigenvalue weighted by Crippen LogP contribution is -2.45. The summed E-state index contributed by atoms with van der Waals surface area (Å²) in [6.07, 6.45) is 2.57. The van der Waals surface area contributed by atoms with Gasteiger partial charge in [-0.05, 0) is 31.4 Å². The van der Waals surface area contributed by atoms with Crippen molar-refractivity contribution in [3.05, 3.63) is 35.9 Å². The molecule has 132 valence electrons. The molecule has 2 heterocycles. The van der Waals surface area contributed by atoms with Gasteiger partial charge in [-0.3, -0.25) is 9.69 Å². The average Bonchev–Trinajstić information content (AvgIpc) is 3.15. The summed E-state index contributed by atoms with van der Waals surface area (Å²) in [7, 11) is -3.08. The van der Waals surface area contributed by atoms with Gasteiger partial charge < -0.3 is 5.32 Å². The van der Waals surface area contributed by atoms with Gasteiger partial charge in [0.25, 0.3) is 0 Å². The van der Waals surface area contributed by atoms with E-state index in [1.807, 2.05) is 18.2 Å². The number of rotatable bonds is 6. The molecule has 1 aromatic rings. The molecule has 24 heavy (non-hydrogen) atoms. The first kappa shape index (κ1) is 17.4. The maximum atomic E-state index is 12.5. The van der Waals surface area contributed by atoms with E-state index >= 15 is 0 Å². The highest BCUT2D eigenvalue weighted by Gasteiger charge is 2.31. The van der Waals surface area contributed by atoms with E-state index in [2.05, 4.69) is 22.3 Å². The standard InChI is InChI=1S/C17H25N3O3S/c21-17(18-9-12-20-11-5-13-24(20,22)23)16-8-4-10-19(16)14-15-6-2-1-3-7-15/h1-3,6-7,16H,4-5,8-14H2,(H,18,21). The van der Waals surface area contributed by atoms with Crippen LogP contribution in [-0.2, 0) is 21.4 Å². The number of sulfonamides is 1. The Kier molecular flexibility index (Phi) is 5.53. The lowest BCUT2D eigenvalue weighted by Gasteiger charge is -2.24. The summed E-state index contributed by atoms with van der Waals surface area (Å²) in [6.45, 7) is 3.03. The maximum absolute atomic E-state index is 12.5. The predicted octanol–water partition coefficient (Wildman–Crippen LogP) is 0.803. The van der Waals surface area contributed by atoms with Crippen molar-refractivity contribution in [2.24, 2.45) is 0 Å². The number of benzene rings is 1. The molecule has 6 nitrogen and oxygen atoms in total. The lowest BCUT2D eigenvalue weighted by atomic mass is 10.1. The molecule has 0 aliphatic carbocycles. The lowest BCUT2D eigenvalue weighted by molar-refractivity contribution is -0.125. The third kappa shape index (κ3) is 4.15. The number of nitrogens with zero attached hydrogens (tertiary/aromatic N) is 2. The predicted molar refractivity (Wildman–Crippen MR) is 92.9 cm³/mol. The first-order valence-corrected chi connectivity index (χ1v) is 10.2. The van der Waals surface area contributed by atoms with Gasteiger partial charge in [0.2, 0.25) is 15.9 Å². The van der Waals surface area contributed by atoms with Crippen LogP contribution in [0.15, 0.2) is 30.3 Å². The van der Waals surface area contributed by atoms with Crippen molar-refractivity contribution in [3.8, 4) is 0 Å². The van der Waals surface area contributed by atoms with Crippen LogP contribution < -0.4 is 5.32 Å². The number of hydrogen-bond acceptors (Lipinski definition) is 4. The number of likely N-dealkylation sites (tertiary alicyclic amines) is 1. The third-order valence-electron chi connectivity index (χ3n) is 4.76. The summed E-state index contributed by atoms with van der Waals surface area (Å²) in [5.74, 6) is 0.244. The van der Waals surface area contributed by atoms with Gasteiger partial charge in [-0.15, -0.1) is 0 Å². The molecule has 2 aliphatic rings. The summed E-state index contributed by atoms with van der Waals surface area (Å²) in [5.41, 5.74) is 1.21. The summed E-state index contributed by atoms with van der Waals surface area (Å²) in [4.78, 5) is 14.7. The van der Waals surface area contributed by atoms with Crippen molar-refractivity contribution in [3.63, 3.8) is 0 Å². The van der Waals surface area contributed by atoms with Crippen molar-refractivity contribution in [2.75, 3.05) is 31.9 Å². The largest absolute Gasteiger partial charge is 0.353 e. The van der Waals surface area contributed by atoms with Crippen LogP contribution in [0.1, 0.15) is 24.8 Å². The van der Waals surface area contributed by atoms with Crippen LogP contribution in [0, 0.1) is 0 Å². The number of amides is 1. The van der Waals surface area contributed by atoms with E-state index < -0.39 is 10.0 Å². The minimum Gasteiger partial charge on any atom is -0.353 e. The molecule has 2 saturated heterocycles. The molecule has 0 saturated carbocycles. The highest BCUT2D eigenvalue weighted by atomic mass is 32.2. The van der Waals surface area contributed by atoms with Crippen LogP contribution in [0.4, 0.5) is 0 Å². The van der Waals surface area contributed by atoms with Crippen LogP contribution in [0.2, 0.25) is 0 Å². The van der Waals surface area contributed by atoms with Gasteiger partial charge >= 0.3 is 0 Å². The van der Waals surface area contributed by atoms with Crippen molar-refractivity contribution < 1.29 is 13.2 Å². The van der Waals surface area contributed by atoms with Gasteiger partial charge in [-0.2, -0.15) is 0 Å². The van der Waals surface area contributed by atoms with Gasteiger partial charge in [-0.1, -0.05) is 30.3 Å². The van der Waals surface area contributed by atoms with Crippen molar-refractivity contribution in [1.82, 2.24) is 14.5 Å². The normalized spacial score (nSPS) is 24.2. The third-order valence-corrected chi connectivity index (χ3v) is 6.71. The fraction of sp³-hybridized carbons (Fsp3) is 0.588. The first-order valence-electron chi connectivity index (χ1n) is 8.60. The molecular weight excluding hydrogens is 326 g/mol. The minimum absolute atomic E-state index is 0.0139. The summed E-state index contributed by atoms with van der Waals surface area (Å²) in [6, 6.07) is 10.1. The van der Waals surface area contributed by atoms with E-state index in [-0.39, 0.29) is 17.7 Å². The Morgan fingerprint density at radius 3 is 2.67 bits per heavy atom. The van der Waals surface area contributed by atoms with Gasteiger partial charge in [0.15, 0.2) is 0 Å². The Morgan fingerprint density at radius 1 is 1.17 bits per heavy atom. The van der Waals surface area contributed by atoms with Crippen molar-refractivity contribution in [2.45, 2.75) is 31.8 Å². The fourth-order valence-corrected chi connectivity index (χ4v) is 5.02. The fourth-order valence-electron chi connectivity index (χ4n) is 3.49. The number of hydrogen-bond donors (Lipinski definition) is 1. The first-order chi connectivity index (χ1) is 11.6. The SMILES string of the molecule is O=C(NCCN1CCCS1(=O)=O)C1CCCN1Cc1ccccc1. The molecule has 7 heteroatoms. The van der Waals surface area contributed by atoms with Gasteiger partial charge in [-0.25, -0.2) is 12.7 Å². The maximum Gasteiger partial charge on any atom is 0.237 e. The Labute approximate surface area is 143 Å². The summed E-state index contributed by atoms with van der Waals surface area (Å²) < 4.78 is 25.0. The zero-order valence-electron chi connectivity index (χ0n) is 13.9. The molecule has 0 aromatic heterocycles. The van der Waals surface area contributed by atoms with Crippen LogP contribution in [0.3, 0.4) is 0 Å². The van der Waals surface area contributed by atoms with Crippen LogP contribution in [0.5, 0.6) is 0 Å². The molecular formula is C17H25N3O3S. The minimum atomic E-state index is -3.08. The quantitative estimate of drug-likeness (QED) is 0.823. The van der Waals surface area contributed by atoms with E-state index in [9.17, 15) is 13.2 Å². The zero-order chi connectivity index (χ0) is 17.0. The molecule has 2 aliphatic heterocycles. The second-order valence-corrected chi connectivity index (χ2v) is 8.56. The zero-order valence-corrected chi connectivity index (χ0v) is 14.7. The molecule has 1 unspecified atom stereocenters. The molecule has 1 amide bonds. The number of nitrogens with one attached hydrogen (secondary N) is 1. The molecule has 0 bridgehead atoms. The van der Waals surface area contributed by atoms with Crippen LogP contribution >= 0.6 is 0 Å². The van der Waals surface area contributed by atoms with Crippen LogP contribution in [-0.4, -0.2) is 61.5 Å². The van der Waals surface area contributed by atoms with E-state index in [1.54, 1.807) is 0 Å². The molecule has 1 aromatic carbocycles. The number of carbonyl (C=O) groups excluding carboxylic acids is 1. The number of carbonyl (C=O) groups is 1. The van der Waals surface area contributed by atoms with Gasteiger partial charge in [0.05, 0.1) is 11.8 Å². The second-order valence-electron chi connectivity index (χ2n) is 6.47. The molecule has 2 fully saturated rings. The molecule has 3 rings (SSSR count). The molecule has 0 radical (unpaired) electrons. The Balaban J connectivity index is 1.49. The Morgan fingerprint density at radius 2 is 1.96 bits per heavy atom. The highest BCUT2D eigenvalue weighted by Crippen LogP contribution is 2.20. The van der Waals surface area contributed by atoms with E-state index in [0.29, 0.717) is 26.1 Å². The molecule has 0 spiro atoms. The Hall–Kier alpha value is -1.44. The summed E-state index contributed by atoms with van der Waals surface area (Å²) in [5, 5.41) is 2.92.